The lowest BCUT2D eigenvalue weighted by molar-refractivity contribution is -0.144. The Bertz CT molecular complexity index is 394. The highest BCUT2D eigenvalue weighted by molar-refractivity contribution is 5.87. The lowest BCUT2D eigenvalue weighted by Crippen LogP contribution is -2.57. The van der Waals surface area contributed by atoms with Gasteiger partial charge in [-0.25, -0.2) is 9.59 Å². The van der Waals surface area contributed by atoms with Crippen LogP contribution >= 0.6 is 0 Å². The van der Waals surface area contributed by atoms with E-state index in [9.17, 15) is 14.4 Å². The highest BCUT2D eigenvalue weighted by Gasteiger charge is 2.39. The number of rotatable bonds is 7. The van der Waals surface area contributed by atoms with Crippen molar-refractivity contribution in [2.75, 3.05) is 13.2 Å². The van der Waals surface area contributed by atoms with E-state index in [-0.39, 0.29) is 25.6 Å². The first-order valence-electron chi connectivity index (χ1n) is 6.81. The van der Waals surface area contributed by atoms with Crippen LogP contribution in [-0.2, 0) is 14.3 Å². The molecule has 1 aliphatic rings. The summed E-state index contributed by atoms with van der Waals surface area (Å²) in [5.41, 5.74) is -1.33. The van der Waals surface area contributed by atoms with Gasteiger partial charge < -0.3 is 20.1 Å². The van der Waals surface area contributed by atoms with Crippen LogP contribution in [-0.4, -0.2) is 52.7 Å². The van der Waals surface area contributed by atoms with Gasteiger partial charge in [0.15, 0.2) is 0 Å². The molecule has 20 heavy (non-hydrogen) atoms. The lowest BCUT2D eigenvalue weighted by atomic mass is 10.00. The van der Waals surface area contributed by atoms with Crippen molar-refractivity contribution in [1.82, 2.24) is 10.2 Å². The fraction of sp³-hybridized carbons (Fsp3) is 0.769. The first-order chi connectivity index (χ1) is 9.34. The van der Waals surface area contributed by atoms with Crippen LogP contribution in [0.2, 0.25) is 0 Å². The predicted molar refractivity (Wildman–Crippen MR) is 71.2 cm³/mol. The number of urea groups is 1. The van der Waals surface area contributed by atoms with E-state index in [4.69, 9.17) is 9.84 Å². The molecular formula is C13H22N2O5. The van der Waals surface area contributed by atoms with Crippen molar-refractivity contribution in [2.45, 2.75) is 51.6 Å². The van der Waals surface area contributed by atoms with Crippen molar-refractivity contribution < 1.29 is 24.2 Å². The first-order valence-corrected chi connectivity index (χ1v) is 6.81. The van der Waals surface area contributed by atoms with Crippen LogP contribution in [0.3, 0.4) is 0 Å². The molecule has 0 bridgehead atoms. The summed E-state index contributed by atoms with van der Waals surface area (Å²) in [4.78, 5) is 36.2. The Balaban J connectivity index is 2.69. The number of ether oxygens (including phenoxy) is 1. The molecule has 7 nitrogen and oxygen atoms in total. The van der Waals surface area contributed by atoms with Gasteiger partial charge in [-0.3, -0.25) is 4.79 Å². The fourth-order valence-electron chi connectivity index (χ4n) is 1.70. The number of carboxylic acid groups (broad SMARTS) is 1. The summed E-state index contributed by atoms with van der Waals surface area (Å²) >= 11 is 0. The number of amides is 2. The van der Waals surface area contributed by atoms with E-state index in [1.165, 1.54) is 11.8 Å². The van der Waals surface area contributed by atoms with E-state index < -0.39 is 23.5 Å². The standard InChI is InChI=1S/C13H22N2O5/c1-4-13(3,11(17)18)14-12(19)15(9-6-7-9)8-10(16)20-5-2/h9H,4-8H2,1-3H3,(H,14,19)(H,17,18). The third-order valence-corrected chi connectivity index (χ3v) is 3.42. The van der Waals surface area contributed by atoms with Crippen LogP contribution in [0.5, 0.6) is 0 Å². The molecule has 1 rings (SSSR count). The summed E-state index contributed by atoms with van der Waals surface area (Å²) in [6.07, 6.45) is 1.90. The second kappa shape index (κ2) is 6.58. The second-order valence-corrected chi connectivity index (χ2v) is 5.09. The highest BCUT2D eigenvalue weighted by atomic mass is 16.5. The van der Waals surface area contributed by atoms with Gasteiger partial charge in [0.25, 0.3) is 0 Å². The summed E-state index contributed by atoms with van der Waals surface area (Å²) < 4.78 is 4.83. The van der Waals surface area contributed by atoms with Gasteiger partial charge in [0.05, 0.1) is 6.61 Å². The number of esters is 1. The van der Waals surface area contributed by atoms with Crippen molar-refractivity contribution in [2.24, 2.45) is 0 Å². The Labute approximate surface area is 118 Å². The molecule has 1 fully saturated rings. The van der Waals surface area contributed by atoms with Crippen LogP contribution in [0.1, 0.15) is 40.0 Å². The van der Waals surface area contributed by atoms with Gasteiger partial charge in [0.1, 0.15) is 12.1 Å². The summed E-state index contributed by atoms with van der Waals surface area (Å²) in [6, 6.07) is -0.540. The summed E-state index contributed by atoms with van der Waals surface area (Å²) in [5.74, 6) is -1.58. The largest absolute Gasteiger partial charge is 0.480 e. The van der Waals surface area contributed by atoms with Crippen LogP contribution in [0.15, 0.2) is 0 Å². The van der Waals surface area contributed by atoms with Gasteiger partial charge in [-0.15, -0.1) is 0 Å². The maximum absolute atomic E-state index is 12.2. The SMILES string of the molecule is CCOC(=O)CN(C(=O)NC(C)(CC)C(=O)O)C1CC1. The molecule has 1 saturated carbocycles. The maximum atomic E-state index is 12.2. The Morgan fingerprint density at radius 2 is 1.95 bits per heavy atom. The molecule has 0 aliphatic heterocycles. The summed E-state index contributed by atoms with van der Waals surface area (Å²) in [6.45, 7) is 4.92. The number of carboxylic acids is 1. The van der Waals surface area contributed by atoms with E-state index in [0.717, 1.165) is 12.8 Å². The molecule has 114 valence electrons. The Morgan fingerprint density at radius 3 is 2.35 bits per heavy atom. The summed E-state index contributed by atoms with van der Waals surface area (Å²) in [7, 11) is 0. The second-order valence-electron chi connectivity index (χ2n) is 5.09. The first kappa shape index (κ1) is 16.3. The van der Waals surface area contributed by atoms with Crippen LogP contribution in [0.4, 0.5) is 4.79 Å². The van der Waals surface area contributed by atoms with Crippen LogP contribution < -0.4 is 5.32 Å². The number of nitrogens with one attached hydrogen (secondary N) is 1. The molecule has 0 spiro atoms. The molecule has 7 heteroatoms. The van der Waals surface area contributed by atoms with Crippen molar-refractivity contribution in [3.8, 4) is 0 Å². The topological polar surface area (TPSA) is 95.9 Å². The summed E-state index contributed by atoms with van der Waals surface area (Å²) in [5, 5.41) is 11.6. The predicted octanol–water partition coefficient (Wildman–Crippen LogP) is 0.977. The lowest BCUT2D eigenvalue weighted by Gasteiger charge is -2.29. The third kappa shape index (κ3) is 4.11. The number of hydrogen-bond acceptors (Lipinski definition) is 4. The van der Waals surface area contributed by atoms with Crippen molar-refractivity contribution in [3.05, 3.63) is 0 Å². The van der Waals surface area contributed by atoms with E-state index >= 15 is 0 Å². The monoisotopic (exact) mass is 286 g/mol. The zero-order valence-corrected chi connectivity index (χ0v) is 12.1. The average molecular weight is 286 g/mol. The molecule has 0 saturated heterocycles. The zero-order valence-electron chi connectivity index (χ0n) is 12.1. The van der Waals surface area contributed by atoms with Gasteiger partial charge in [-0.2, -0.15) is 0 Å². The molecule has 0 aromatic rings. The van der Waals surface area contributed by atoms with Crippen molar-refractivity contribution in [1.29, 1.82) is 0 Å². The van der Waals surface area contributed by atoms with Gasteiger partial charge in [0, 0.05) is 6.04 Å². The minimum Gasteiger partial charge on any atom is -0.480 e. The Morgan fingerprint density at radius 1 is 1.35 bits per heavy atom. The number of carbonyl (C=O) groups is 3. The van der Waals surface area contributed by atoms with Crippen molar-refractivity contribution in [3.63, 3.8) is 0 Å². The van der Waals surface area contributed by atoms with E-state index in [1.807, 2.05) is 0 Å². The normalized spacial score (nSPS) is 16.9. The molecule has 1 aliphatic carbocycles. The number of nitrogens with zero attached hydrogens (tertiary/aromatic N) is 1. The molecule has 2 N–H and O–H groups in total. The maximum Gasteiger partial charge on any atom is 0.329 e. The minimum atomic E-state index is -1.33. The Kier molecular flexibility index (Phi) is 5.35. The van der Waals surface area contributed by atoms with Crippen LogP contribution in [0.25, 0.3) is 0 Å². The quantitative estimate of drug-likeness (QED) is 0.680. The van der Waals surface area contributed by atoms with Gasteiger partial charge >= 0.3 is 18.0 Å². The molecule has 0 heterocycles. The van der Waals surface area contributed by atoms with Gasteiger partial charge in [0.2, 0.25) is 0 Å². The molecule has 1 unspecified atom stereocenters. The average Bonchev–Trinajstić information content (AvgIpc) is 3.19. The molecule has 0 aromatic heterocycles. The molecular weight excluding hydrogens is 264 g/mol. The molecule has 2 amide bonds. The van der Waals surface area contributed by atoms with Crippen molar-refractivity contribution >= 4 is 18.0 Å². The van der Waals surface area contributed by atoms with E-state index in [1.54, 1.807) is 13.8 Å². The molecule has 0 radical (unpaired) electrons. The Hall–Kier alpha value is -1.79. The smallest absolute Gasteiger partial charge is 0.329 e. The number of hydrogen-bond donors (Lipinski definition) is 2. The fourth-order valence-corrected chi connectivity index (χ4v) is 1.70. The highest BCUT2D eigenvalue weighted by Crippen LogP contribution is 2.27. The molecule has 0 aromatic carbocycles. The third-order valence-electron chi connectivity index (χ3n) is 3.42. The van der Waals surface area contributed by atoms with Gasteiger partial charge in [-0.05, 0) is 33.1 Å². The number of carbonyl (C=O) groups excluding carboxylic acids is 2. The van der Waals surface area contributed by atoms with E-state index in [2.05, 4.69) is 5.32 Å². The van der Waals surface area contributed by atoms with E-state index in [0.29, 0.717) is 0 Å². The molecule has 1 atom stereocenters. The minimum absolute atomic E-state index is 0.00527. The zero-order chi connectivity index (χ0) is 15.3. The van der Waals surface area contributed by atoms with Crippen LogP contribution in [0, 0.1) is 0 Å². The number of aliphatic carboxylic acids is 1. The van der Waals surface area contributed by atoms with Gasteiger partial charge in [-0.1, -0.05) is 6.92 Å².